The largest absolute Gasteiger partial charge is 0.243 e. The van der Waals surface area contributed by atoms with E-state index in [1.165, 1.54) is 0 Å². The third-order valence-electron chi connectivity index (χ3n) is 3.63. The summed E-state index contributed by atoms with van der Waals surface area (Å²) in [5.74, 6) is 0.303. The molecule has 0 aliphatic heterocycles. The Balaban J connectivity index is 3.28. The minimum Gasteiger partial charge on any atom is -0.207 e. The van der Waals surface area contributed by atoms with E-state index in [0.717, 1.165) is 22.9 Å². The summed E-state index contributed by atoms with van der Waals surface area (Å²) in [6.07, 6.45) is 1.66. The summed E-state index contributed by atoms with van der Waals surface area (Å²) in [6.45, 7) is 10.7. The van der Waals surface area contributed by atoms with E-state index in [4.69, 9.17) is 0 Å². The van der Waals surface area contributed by atoms with Crippen LogP contribution in [0.25, 0.3) is 0 Å². The molecule has 3 nitrogen and oxygen atoms in total. The number of hydrogen-bond donors (Lipinski definition) is 0. The number of aryl methyl sites for hydroxylation is 1. The Morgan fingerprint density at radius 1 is 1.19 bits per heavy atom. The van der Waals surface area contributed by atoms with Crippen molar-refractivity contribution in [3.63, 3.8) is 0 Å². The van der Waals surface area contributed by atoms with Gasteiger partial charge >= 0.3 is 0 Å². The molecule has 0 amide bonds. The molecule has 5 heteroatoms. The summed E-state index contributed by atoms with van der Waals surface area (Å²) in [5, 5.41) is 0. The Hall–Kier alpha value is -0.390. The molecule has 1 aromatic carbocycles. The zero-order valence-electron chi connectivity index (χ0n) is 13.6. The summed E-state index contributed by atoms with van der Waals surface area (Å²) < 4.78 is 28.6. The predicted molar refractivity (Wildman–Crippen MR) is 92.0 cm³/mol. The van der Waals surface area contributed by atoms with Crippen LogP contribution in [0.4, 0.5) is 0 Å². The predicted octanol–water partition coefficient (Wildman–Crippen LogP) is 4.59. The molecule has 0 aromatic heterocycles. The van der Waals surface area contributed by atoms with E-state index in [2.05, 4.69) is 29.8 Å². The molecular formula is C16H26BrNO2S. The van der Waals surface area contributed by atoms with Gasteiger partial charge in [-0.25, -0.2) is 8.42 Å². The minimum absolute atomic E-state index is 0.0568. The second-order valence-corrected chi connectivity index (χ2v) is 8.59. The van der Waals surface area contributed by atoms with E-state index in [0.29, 0.717) is 17.4 Å². The molecule has 0 N–H and O–H groups in total. The molecule has 0 bridgehead atoms. The van der Waals surface area contributed by atoms with Gasteiger partial charge in [-0.2, -0.15) is 4.31 Å². The number of halogens is 1. The fourth-order valence-electron chi connectivity index (χ4n) is 2.41. The molecule has 1 aromatic rings. The van der Waals surface area contributed by atoms with Crippen molar-refractivity contribution in [3.8, 4) is 0 Å². The van der Waals surface area contributed by atoms with Crippen LogP contribution in [0, 0.1) is 12.8 Å². The normalized spacial score (nSPS) is 12.6. The van der Waals surface area contributed by atoms with Crippen molar-refractivity contribution >= 4 is 26.0 Å². The Labute approximate surface area is 137 Å². The maximum atomic E-state index is 13.0. The smallest absolute Gasteiger partial charge is 0.207 e. The maximum Gasteiger partial charge on any atom is 0.243 e. The molecule has 0 aliphatic rings. The molecule has 0 unspecified atom stereocenters. The van der Waals surface area contributed by atoms with Gasteiger partial charge in [0.2, 0.25) is 10.0 Å². The number of nitrogens with zero attached hydrogens (tertiary/aromatic N) is 1. The van der Waals surface area contributed by atoms with Crippen molar-refractivity contribution in [2.75, 3.05) is 6.54 Å². The van der Waals surface area contributed by atoms with Crippen LogP contribution in [-0.2, 0) is 10.0 Å². The zero-order chi connectivity index (χ0) is 16.2. The second-order valence-electron chi connectivity index (χ2n) is 5.85. The lowest BCUT2D eigenvalue weighted by atomic mass is 10.1. The van der Waals surface area contributed by atoms with Gasteiger partial charge in [-0.3, -0.25) is 0 Å². The van der Waals surface area contributed by atoms with Crippen molar-refractivity contribution in [1.82, 2.24) is 4.31 Å². The van der Waals surface area contributed by atoms with E-state index >= 15 is 0 Å². The average molecular weight is 376 g/mol. The minimum atomic E-state index is -3.45. The third kappa shape index (κ3) is 4.54. The molecule has 0 saturated heterocycles. The fourth-order valence-corrected chi connectivity index (χ4v) is 4.68. The van der Waals surface area contributed by atoms with E-state index in [1.807, 2.05) is 26.8 Å². The first kappa shape index (κ1) is 18.7. The summed E-state index contributed by atoms with van der Waals surface area (Å²) in [6, 6.07) is 5.29. The van der Waals surface area contributed by atoms with E-state index < -0.39 is 10.0 Å². The third-order valence-corrected chi connectivity index (χ3v) is 6.43. The molecule has 0 radical (unpaired) electrons. The zero-order valence-corrected chi connectivity index (χ0v) is 16.0. The lowest BCUT2D eigenvalue weighted by Crippen LogP contribution is -2.41. The highest BCUT2D eigenvalue weighted by atomic mass is 79.9. The summed E-state index contributed by atoms with van der Waals surface area (Å²) in [7, 11) is -3.45. The Bertz CT molecular complexity index is 566. The highest BCUT2D eigenvalue weighted by Gasteiger charge is 2.30. The van der Waals surface area contributed by atoms with Crippen LogP contribution < -0.4 is 0 Å². The quantitative estimate of drug-likeness (QED) is 0.698. The van der Waals surface area contributed by atoms with Gasteiger partial charge in [0.05, 0.1) is 4.90 Å². The van der Waals surface area contributed by atoms with Crippen LogP contribution in [0.3, 0.4) is 0 Å². The molecular weight excluding hydrogens is 350 g/mol. The first-order valence-electron chi connectivity index (χ1n) is 7.52. The molecule has 0 heterocycles. The average Bonchev–Trinajstić information content (AvgIpc) is 2.41. The summed E-state index contributed by atoms with van der Waals surface area (Å²) >= 11 is 3.42. The maximum absolute atomic E-state index is 13.0. The van der Waals surface area contributed by atoms with Gasteiger partial charge in [-0.1, -0.05) is 43.6 Å². The van der Waals surface area contributed by atoms with Crippen LogP contribution in [0.1, 0.15) is 46.1 Å². The van der Waals surface area contributed by atoms with Crippen LogP contribution in [-0.4, -0.2) is 25.3 Å². The van der Waals surface area contributed by atoms with Crippen LogP contribution in [0.15, 0.2) is 27.6 Å². The lowest BCUT2D eigenvalue weighted by Gasteiger charge is -2.31. The first-order valence-corrected chi connectivity index (χ1v) is 9.75. The van der Waals surface area contributed by atoms with Crippen LogP contribution >= 0.6 is 15.9 Å². The monoisotopic (exact) mass is 375 g/mol. The molecule has 120 valence electrons. The van der Waals surface area contributed by atoms with Crippen LogP contribution in [0.5, 0.6) is 0 Å². The van der Waals surface area contributed by atoms with Gasteiger partial charge in [-0.05, 0) is 49.4 Å². The standard InChI is InChI=1S/C16H26BrNO2S/c1-6-14(7-2)18(11-12(3)4)21(19,20)15-8-9-16(17)13(5)10-15/h8-10,12,14H,6-7,11H2,1-5H3. The molecule has 21 heavy (non-hydrogen) atoms. The van der Waals surface area contributed by atoms with Gasteiger partial charge in [0.15, 0.2) is 0 Å². The van der Waals surface area contributed by atoms with Crippen molar-refractivity contribution in [2.45, 2.75) is 58.4 Å². The molecule has 0 spiro atoms. The fraction of sp³-hybridized carbons (Fsp3) is 0.625. The van der Waals surface area contributed by atoms with Crippen molar-refractivity contribution < 1.29 is 8.42 Å². The molecule has 0 saturated carbocycles. The van der Waals surface area contributed by atoms with Gasteiger partial charge in [0.25, 0.3) is 0 Å². The van der Waals surface area contributed by atoms with Gasteiger partial charge in [-0.15, -0.1) is 0 Å². The number of benzene rings is 1. The highest BCUT2D eigenvalue weighted by Crippen LogP contribution is 2.26. The first-order chi connectivity index (χ1) is 9.73. The molecule has 0 fully saturated rings. The Kier molecular flexibility index (Phi) is 6.88. The van der Waals surface area contributed by atoms with Gasteiger partial charge < -0.3 is 0 Å². The Morgan fingerprint density at radius 3 is 2.19 bits per heavy atom. The van der Waals surface area contributed by atoms with Crippen molar-refractivity contribution in [3.05, 3.63) is 28.2 Å². The van der Waals surface area contributed by atoms with E-state index in [1.54, 1.807) is 16.4 Å². The topological polar surface area (TPSA) is 37.4 Å². The lowest BCUT2D eigenvalue weighted by molar-refractivity contribution is 0.277. The van der Waals surface area contributed by atoms with E-state index in [-0.39, 0.29) is 6.04 Å². The molecule has 1 rings (SSSR count). The van der Waals surface area contributed by atoms with Gasteiger partial charge in [0, 0.05) is 17.1 Å². The molecule has 0 aliphatic carbocycles. The highest BCUT2D eigenvalue weighted by molar-refractivity contribution is 9.10. The van der Waals surface area contributed by atoms with Crippen molar-refractivity contribution in [2.24, 2.45) is 5.92 Å². The van der Waals surface area contributed by atoms with Crippen LogP contribution in [0.2, 0.25) is 0 Å². The SMILES string of the molecule is CCC(CC)N(CC(C)C)S(=O)(=O)c1ccc(Br)c(C)c1. The van der Waals surface area contributed by atoms with Gasteiger partial charge in [0.1, 0.15) is 0 Å². The second kappa shape index (κ2) is 7.75. The number of hydrogen-bond acceptors (Lipinski definition) is 2. The summed E-state index contributed by atoms with van der Waals surface area (Å²) in [5.41, 5.74) is 0.935. The molecule has 0 atom stereocenters. The number of sulfonamides is 1. The van der Waals surface area contributed by atoms with E-state index in [9.17, 15) is 8.42 Å². The number of rotatable bonds is 7. The van der Waals surface area contributed by atoms with Crippen molar-refractivity contribution in [1.29, 1.82) is 0 Å². The Morgan fingerprint density at radius 2 is 1.76 bits per heavy atom. The summed E-state index contributed by atoms with van der Waals surface area (Å²) in [4.78, 5) is 0.385.